The quantitative estimate of drug-likeness (QED) is 0.614. The van der Waals surface area contributed by atoms with E-state index >= 15 is 0 Å². The van der Waals surface area contributed by atoms with Crippen LogP contribution in [0.3, 0.4) is 0 Å². The average molecular weight is 307 g/mol. The monoisotopic (exact) mass is 307 g/mol. The van der Waals surface area contributed by atoms with E-state index < -0.39 is 0 Å². The molecule has 4 heteroatoms. The van der Waals surface area contributed by atoms with Crippen molar-refractivity contribution in [1.29, 1.82) is 0 Å². The Morgan fingerprint density at radius 2 is 1.95 bits per heavy atom. The van der Waals surface area contributed by atoms with Crippen molar-refractivity contribution in [3.05, 3.63) is 24.3 Å². The Kier molecular flexibility index (Phi) is 6.93. The van der Waals surface area contributed by atoms with Gasteiger partial charge in [0.2, 0.25) is 5.91 Å². The molecular weight excluding hydrogens is 282 g/mol. The molecule has 21 heavy (non-hydrogen) atoms. The highest BCUT2D eigenvalue weighted by Crippen LogP contribution is 2.26. The van der Waals surface area contributed by atoms with Crippen LogP contribution in [0.15, 0.2) is 29.2 Å². The second-order valence-corrected chi connectivity index (χ2v) is 6.75. The molecule has 1 saturated carbocycles. The smallest absolute Gasteiger partial charge is 0.220 e. The first-order valence-corrected chi connectivity index (χ1v) is 8.80. The standard InChI is InChI=1S/C17H25NO2S/c1-20-15-7-9-16(10-8-15)21-12-11-18-17(19)13-14-5-3-2-4-6-14/h7-10,14H,2-6,11-13H2,1H3,(H,18,19). The van der Waals surface area contributed by atoms with Crippen LogP contribution >= 0.6 is 11.8 Å². The van der Waals surface area contributed by atoms with Gasteiger partial charge in [-0.3, -0.25) is 4.79 Å². The molecule has 116 valence electrons. The molecule has 1 aromatic carbocycles. The summed E-state index contributed by atoms with van der Waals surface area (Å²) >= 11 is 1.76. The zero-order valence-corrected chi connectivity index (χ0v) is 13.6. The SMILES string of the molecule is COc1ccc(SCCNC(=O)CC2CCCCC2)cc1. The number of carbonyl (C=O) groups is 1. The topological polar surface area (TPSA) is 38.3 Å². The summed E-state index contributed by atoms with van der Waals surface area (Å²) in [5, 5.41) is 3.04. The van der Waals surface area contributed by atoms with Crippen LogP contribution in [0.5, 0.6) is 5.75 Å². The summed E-state index contributed by atoms with van der Waals surface area (Å²) in [5.41, 5.74) is 0. The van der Waals surface area contributed by atoms with Gasteiger partial charge in [-0.05, 0) is 43.0 Å². The lowest BCUT2D eigenvalue weighted by Gasteiger charge is -2.20. The summed E-state index contributed by atoms with van der Waals surface area (Å²) in [6, 6.07) is 8.02. The molecule has 0 heterocycles. The molecule has 0 spiro atoms. The minimum atomic E-state index is 0.220. The minimum absolute atomic E-state index is 0.220. The fourth-order valence-corrected chi connectivity index (χ4v) is 3.53. The third-order valence-electron chi connectivity index (χ3n) is 3.95. The van der Waals surface area contributed by atoms with Gasteiger partial charge in [0.1, 0.15) is 5.75 Å². The Labute approximate surface area is 131 Å². The van der Waals surface area contributed by atoms with Crippen LogP contribution in [0.1, 0.15) is 38.5 Å². The molecule has 1 N–H and O–H groups in total. The Balaban J connectivity index is 1.58. The van der Waals surface area contributed by atoms with Gasteiger partial charge in [-0.25, -0.2) is 0 Å². The van der Waals surface area contributed by atoms with Crippen LogP contribution in [0.2, 0.25) is 0 Å². The van der Waals surface area contributed by atoms with Crippen molar-refractivity contribution in [2.45, 2.75) is 43.4 Å². The molecule has 1 aliphatic carbocycles. The van der Waals surface area contributed by atoms with E-state index in [0.29, 0.717) is 12.3 Å². The predicted molar refractivity (Wildman–Crippen MR) is 87.9 cm³/mol. The number of rotatable bonds is 7. The lowest BCUT2D eigenvalue weighted by atomic mass is 9.87. The van der Waals surface area contributed by atoms with E-state index in [1.165, 1.54) is 37.0 Å². The van der Waals surface area contributed by atoms with Gasteiger partial charge in [0.25, 0.3) is 0 Å². The number of amides is 1. The van der Waals surface area contributed by atoms with Crippen LogP contribution in [0, 0.1) is 5.92 Å². The third kappa shape index (κ3) is 6.00. The summed E-state index contributed by atoms with van der Waals surface area (Å²) in [5.74, 6) is 2.62. The number of thioether (sulfide) groups is 1. The number of hydrogen-bond acceptors (Lipinski definition) is 3. The summed E-state index contributed by atoms with van der Waals surface area (Å²) in [6.07, 6.45) is 7.11. The van der Waals surface area contributed by atoms with Gasteiger partial charge in [-0.15, -0.1) is 11.8 Å². The molecule has 0 radical (unpaired) electrons. The lowest BCUT2D eigenvalue weighted by Crippen LogP contribution is -2.28. The van der Waals surface area contributed by atoms with Gasteiger partial charge in [0.15, 0.2) is 0 Å². The fraction of sp³-hybridized carbons (Fsp3) is 0.588. The average Bonchev–Trinajstić information content (AvgIpc) is 2.53. The van der Waals surface area contributed by atoms with Crippen molar-refractivity contribution in [3.8, 4) is 5.75 Å². The summed E-state index contributed by atoms with van der Waals surface area (Å²) in [7, 11) is 1.67. The highest BCUT2D eigenvalue weighted by atomic mass is 32.2. The van der Waals surface area contributed by atoms with Gasteiger partial charge in [0.05, 0.1) is 7.11 Å². The van der Waals surface area contributed by atoms with Crippen molar-refractivity contribution in [3.63, 3.8) is 0 Å². The van der Waals surface area contributed by atoms with E-state index in [0.717, 1.165) is 18.0 Å². The van der Waals surface area contributed by atoms with Gasteiger partial charge in [-0.1, -0.05) is 19.3 Å². The van der Waals surface area contributed by atoms with Gasteiger partial charge in [0, 0.05) is 23.6 Å². The van der Waals surface area contributed by atoms with Crippen molar-refractivity contribution >= 4 is 17.7 Å². The first kappa shape index (κ1) is 16.2. The second-order valence-electron chi connectivity index (χ2n) is 5.58. The van der Waals surface area contributed by atoms with Crippen LogP contribution in [-0.2, 0) is 4.79 Å². The number of methoxy groups -OCH3 is 1. The first-order valence-electron chi connectivity index (χ1n) is 7.81. The van der Waals surface area contributed by atoms with E-state index in [4.69, 9.17) is 4.74 Å². The van der Waals surface area contributed by atoms with E-state index in [-0.39, 0.29) is 5.91 Å². The van der Waals surface area contributed by atoms with Crippen molar-refractivity contribution in [2.24, 2.45) is 5.92 Å². The zero-order chi connectivity index (χ0) is 14.9. The van der Waals surface area contributed by atoms with Gasteiger partial charge < -0.3 is 10.1 Å². The molecule has 0 bridgehead atoms. The van der Waals surface area contributed by atoms with Gasteiger partial charge in [-0.2, -0.15) is 0 Å². The summed E-state index contributed by atoms with van der Waals surface area (Å²) < 4.78 is 5.13. The number of hydrogen-bond donors (Lipinski definition) is 1. The molecule has 0 atom stereocenters. The molecule has 3 nitrogen and oxygen atoms in total. The maximum absolute atomic E-state index is 11.9. The largest absolute Gasteiger partial charge is 0.497 e. The molecule has 0 aromatic heterocycles. The molecule has 1 fully saturated rings. The highest BCUT2D eigenvalue weighted by molar-refractivity contribution is 7.99. The molecule has 1 aliphatic rings. The fourth-order valence-electron chi connectivity index (χ4n) is 2.76. The van der Waals surface area contributed by atoms with E-state index in [9.17, 15) is 4.79 Å². The summed E-state index contributed by atoms with van der Waals surface area (Å²) in [4.78, 5) is 13.1. The Morgan fingerprint density at radius 3 is 2.62 bits per heavy atom. The highest BCUT2D eigenvalue weighted by Gasteiger charge is 2.16. The van der Waals surface area contributed by atoms with Gasteiger partial charge >= 0.3 is 0 Å². The Bertz CT molecular complexity index is 427. The lowest BCUT2D eigenvalue weighted by molar-refractivity contribution is -0.122. The van der Waals surface area contributed by atoms with E-state index in [1.807, 2.05) is 24.3 Å². The zero-order valence-electron chi connectivity index (χ0n) is 12.8. The third-order valence-corrected chi connectivity index (χ3v) is 4.96. The maximum atomic E-state index is 11.9. The summed E-state index contributed by atoms with van der Waals surface area (Å²) in [6.45, 7) is 0.738. The molecule has 1 amide bonds. The predicted octanol–water partition coefficient (Wildman–Crippen LogP) is 3.87. The van der Waals surface area contributed by atoms with Crippen molar-refractivity contribution < 1.29 is 9.53 Å². The molecule has 2 rings (SSSR count). The van der Waals surface area contributed by atoms with Crippen molar-refractivity contribution in [1.82, 2.24) is 5.32 Å². The van der Waals surface area contributed by atoms with Crippen molar-refractivity contribution in [2.75, 3.05) is 19.4 Å². The minimum Gasteiger partial charge on any atom is -0.497 e. The first-order chi connectivity index (χ1) is 10.3. The molecular formula is C17H25NO2S. The number of ether oxygens (including phenoxy) is 1. The van der Waals surface area contributed by atoms with E-state index in [1.54, 1.807) is 18.9 Å². The number of nitrogens with one attached hydrogen (secondary N) is 1. The number of benzene rings is 1. The van der Waals surface area contributed by atoms with Crippen LogP contribution in [0.25, 0.3) is 0 Å². The molecule has 0 aliphatic heterocycles. The molecule has 0 unspecified atom stereocenters. The van der Waals surface area contributed by atoms with Crippen LogP contribution in [0.4, 0.5) is 0 Å². The molecule has 1 aromatic rings. The normalized spacial score (nSPS) is 15.7. The van der Waals surface area contributed by atoms with E-state index in [2.05, 4.69) is 5.32 Å². The Morgan fingerprint density at radius 1 is 1.24 bits per heavy atom. The Hall–Kier alpha value is -1.16. The molecule has 0 saturated heterocycles. The second kappa shape index (κ2) is 8.98. The van der Waals surface area contributed by atoms with Crippen LogP contribution in [-0.4, -0.2) is 25.3 Å². The maximum Gasteiger partial charge on any atom is 0.220 e. The van der Waals surface area contributed by atoms with Crippen LogP contribution < -0.4 is 10.1 Å². The number of carbonyl (C=O) groups excluding carboxylic acids is 1.